The van der Waals surface area contributed by atoms with Gasteiger partial charge in [0.2, 0.25) is 10.0 Å². The van der Waals surface area contributed by atoms with Crippen LogP contribution in [-0.4, -0.2) is 21.6 Å². The highest BCUT2D eigenvalue weighted by molar-refractivity contribution is 7.89. The maximum absolute atomic E-state index is 14.2. The molecule has 0 bridgehead atoms. The molecule has 1 aromatic heterocycles. The number of sulfonamides is 1. The smallest absolute Gasteiger partial charge is 0.241 e. The molecule has 0 spiro atoms. The molecular weight excluding hydrogens is 445 g/mol. The number of ether oxygens (including phenoxy) is 2. The number of furan rings is 1. The van der Waals surface area contributed by atoms with Gasteiger partial charge in [-0.05, 0) is 54.4 Å². The number of hydrogen-bond acceptors (Lipinski definition) is 5. The van der Waals surface area contributed by atoms with Crippen LogP contribution in [0.15, 0.2) is 76.0 Å². The Hall–Kier alpha value is -3.36. The molecule has 6 nitrogen and oxygen atoms in total. The van der Waals surface area contributed by atoms with Crippen LogP contribution in [0.5, 0.6) is 11.5 Å². The fourth-order valence-corrected chi connectivity index (χ4v) is 5.07. The first-order chi connectivity index (χ1) is 15.9. The van der Waals surface area contributed by atoms with Crippen LogP contribution in [0.4, 0.5) is 4.39 Å². The minimum atomic E-state index is -4.04. The summed E-state index contributed by atoms with van der Waals surface area (Å²) >= 11 is 0. The second-order valence-corrected chi connectivity index (χ2v) is 9.61. The summed E-state index contributed by atoms with van der Waals surface area (Å²) in [7, 11) is -4.04. The van der Waals surface area contributed by atoms with Crippen molar-refractivity contribution < 1.29 is 26.7 Å². The average molecular weight is 468 g/mol. The number of hydrogen-bond donors (Lipinski definition) is 1. The third-order valence-electron chi connectivity index (χ3n) is 5.58. The molecule has 0 amide bonds. The molecule has 2 heterocycles. The molecule has 0 saturated carbocycles. The first-order valence-corrected chi connectivity index (χ1v) is 12.1. The van der Waals surface area contributed by atoms with Crippen LogP contribution < -0.4 is 14.2 Å². The van der Waals surface area contributed by atoms with E-state index < -0.39 is 21.9 Å². The molecule has 4 aromatic rings. The fraction of sp³-hybridized carbons (Fsp3) is 0.200. The Labute approximate surface area is 191 Å². The van der Waals surface area contributed by atoms with Crippen LogP contribution in [-0.2, 0) is 10.0 Å². The molecule has 0 aliphatic carbocycles. The summed E-state index contributed by atoms with van der Waals surface area (Å²) in [6.45, 7) is 2.74. The summed E-state index contributed by atoms with van der Waals surface area (Å²) in [6, 6.07) is 17.0. The van der Waals surface area contributed by atoms with Crippen LogP contribution in [0.3, 0.4) is 0 Å². The molecule has 0 radical (unpaired) electrons. The number of nitrogens with one attached hydrogen (secondary N) is 1. The Kier molecular flexibility index (Phi) is 5.55. The van der Waals surface area contributed by atoms with Gasteiger partial charge in [-0.3, -0.25) is 0 Å². The third kappa shape index (κ3) is 4.31. The van der Waals surface area contributed by atoms with Crippen LogP contribution in [0.1, 0.15) is 29.3 Å². The minimum Gasteiger partial charge on any atom is -0.490 e. The maximum atomic E-state index is 14.2. The number of rotatable bonds is 5. The van der Waals surface area contributed by atoms with E-state index in [1.165, 1.54) is 24.3 Å². The fourth-order valence-electron chi connectivity index (χ4n) is 3.88. The molecule has 1 aliphatic rings. The lowest BCUT2D eigenvalue weighted by Gasteiger charge is -2.20. The number of halogens is 1. The summed E-state index contributed by atoms with van der Waals surface area (Å²) in [5.41, 5.74) is 1.80. The van der Waals surface area contributed by atoms with Gasteiger partial charge in [-0.1, -0.05) is 24.3 Å². The number of aryl methyl sites for hydroxylation is 1. The van der Waals surface area contributed by atoms with Crippen molar-refractivity contribution >= 4 is 21.0 Å². The van der Waals surface area contributed by atoms with E-state index in [0.717, 1.165) is 10.9 Å². The lowest BCUT2D eigenvalue weighted by Crippen LogP contribution is -2.30. The molecule has 1 N–H and O–H groups in total. The second kappa shape index (κ2) is 8.53. The third-order valence-corrected chi connectivity index (χ3v) is 7.00. The summed E-state index contributed by atoms with van der Waals surface area (Å²) in [5, 5.41) is 0.821. The van der Waals surface area contributed by atoms with Crippen molar-refractivity contribution in [3.63, 3.8) is 0 Å². The molecule has 5 rings (SSSR count). The summed E-state index contributed by atoms with van der Waals surface area (Å²) in [5.74, 6) is 0.771. The Balaban J connectivity index is 1.58. The van der Waals surface area contributed by atoms with E-state index in [1.807, 2.05) is 18.2 Å². The zero-order chi connectivity index (χ0) is 23.0. The van der Waals surface area contributed by atoms with Crippen LogP contribution in [0.2, 0.25) is 0 Å². The van der Waals surface area contributed by atoms with E-state index in [0.29, 0.717) is 48.0 Å². The highest BCUT2D eigenvalue weighted by atomic mass is 32.2. The van der Waals surface area contributed by atoms with Crippen molar-refractivity contribution in [3.05, 3.63) is 89.4 Å². The van der Waals surface area contributed by atoms with Gasteiger partial charge < -0.3 is 13.9 Å². The van der Waals surface area contributed by atoms with Crippen molar-refractivity contribution in [2.24, 2.45) is 0 Å². The molecule has 0 unspecified atom stereocenters. The van der Waals surface area contributed by atoms with Gasteiger partial charge in [0.15, 0.2) is 11.5 Å². The molecule has 33 heavy (non-hydrogen) atoms. The summed E-state index contributed by atoms with van der Waals surface area (Å²) in [6.07, 6.45) is 0.710. The van der Waals surface area contributed by atoms with Crippen molar-refractivity contribution in [1.29, 1.82) is 0 Å². The Morgan fingerprint density at radius 3 is 2.55 bits per heavy atom. The summed E-state index contributed by atoms with van der Waals surface area (Å²) in [4.78, 5) is 0.0157. The van der Waals surface area contributed by atoms with Gasteiger partial charge in [0.1, 0.15) is 23.2 Å². The van der Waals surface area contributed by atoms with E-state index in [-0.39, 0.29) is 4.90 Å². The van der Waals surface area contributed by atoms with E-state index in [4.69, 9.17) is 13.9 Å². The molecule has 0 fully saturated rings. The van der Waals surface area contributed by atoms with Gasteiger partial charge in [-0.15, -0.1) is 0 Å². The van der Waals surface area contributed by atoms with E-state index in [9.17, 15) is 12.8 Å². The SMILES string of the molecule is Cc1ccc(F)cc1[C@H](NS(=O)(=O)c1ccc2c(c1)OCCCO2)c1cc2ccccc2o1. The van der Waals surface area contributed by atoms with Gasteiger partial charge in [0, 0.05) is 17.9 Å². The topological polar surface area (TPSA) is 77.8 Å². The van der Waals surface area contributed by atoms with Crippen LogP contribution in [0.25, 0.3) is 11.0 Å². The number of fused-ring (bicyclic) bond motifs is 2. The Bertz CT molecular complexity index is 1400. The second-order valence-electron chi connectivity index (χ2n) is 7.90. The van der Waals surface area contributed by atoms with Crippen molar-refractivity contribution in [1.82, 2.24) is 4.72 Å². The predicted octanol–water partition coefficient (Wildman–Crippen LogP) is 5.11. The standard InChI is InChI=1S/C25H22FNO5S/c1-16-7-8-18(26)14-20(16)25(24-13-17-5-2-3-6-21(17)32-24)27-33(28,29)19-9-10-22-23(15-19)31-12-4-11-30-22/h2-3,5-10,13-15,25,27H,4,11-12H2,1H3/t25-/m0/s1. The van der Waals surface area contributed by atoms with E-state index in [2.05, 4.69) is 4.72 Å². The molecule has 0 saturated heterocycles. The zero-order valence-corrected chi connectivity index (χ0v) is 18.7. The Morgan fingerprint density at radius 2 is 1.73 bits per heavy atom. The lowest BCUT2D eigenvalue weighted by atomic mass is 10.00. The minimum absolute atomic E-state index is 0.0157. The molecule has 1 atom stereocenters. The Morgan fingerprint density at radius 1 is 0.939 bits per heavy atom. The van der Waals surface area contributed by atoms with Crippen molar-refractivity contribution in [2.75, 3.05) is 13.2 Å². The average Bonchev–Trinajstić information content (AvgIpc) is 3.09. The van der Waals surface area contributed by atoms with Crippen molar-refractivity contribution in [2.45, 2.75) is 24.3 Å². The lowest BCUT2D eigenvalue weighted by molar-refractivity contribution is 0.297. The van der Waals surface area contributed by atoms with Gasteiger partial charge in [0.25, 0.3) is 0 Å². The largest absolute Gasteiger partial charge is 0.490 e. The monoisotopic (exact) mass is 467 g/mol. The number of para-hydroxylation sites is 1. The zero-order valence-electron chi connectivity index (χ0n) is 17.9. The van der Waals surface area contributed by atoms with Gasteiger partial charge in [0.05, 0.1) is 18.1 Å². The van der Waals surface area contributed by atoms with E-state index >= 15 is 0 Å². The highest BCUT2D eigenvalue weighted by Gasteiger charge is 2.28. The first-order valence-electron chi connectivity index (χ1n) is 10.6. The normalized spacial score (nSPS) is 14.7. The number of benzene rings is 3. The first kappa shape index (κ1) is 21.5. The molecule has 3 aromatic carbocycles. The maximum Gasteiger partial charge on any atom is 0.241 e. The molecule has 170 valence electrons. The van der Waals surface area contributed by atoms with Crippen molar-refractivity contribution in [3.8, 4) is 11.5 Å². The highest BCUT2D eigenvalue weighted by Crippen LogP contribution is 2.35. The predicted molar refractivity (Wildman–Crippen MR) is 122 cm³/mol. The van der Waals surface area contributed by atoms with E-state index in [1.54, 1.807) is 31.2 Å². The molecule has 1 aliphatic heterocycles. The quantitative estimate of drug-likeness (QED) is 0.441. The van der Waals surface area contributed by atoms with Gasteiger partial charge in [-0.25, -0.2) is 12.8 Å². The summed E-state index contributed by atoms with van der Waals surface area (Å²) < 4.78 is 61.0. The molecular formula is C25H22FNO5S. The van der Waals surface area contributed by atoms with Crippen LogP contribution in [0, 0.1) is 12.7 Å². The van der Waals surface area contributed by atoms with Gasteiger partial charge >= 0.3 is 0 Å². The van der Waals surface area contributed by atoms with Gasteiger partial charge in [-0.2, -0.15) is 4.72 Å². The van der Waals surface area contributed by atoms with Crippen LogP contribution >= 0.6 is 0 Å². The molecule has 8 heteroatoms.